The molecule has 8 heteroatoms. The summed E-state index contributed by atoms with van der Waals surface area (Å²) in [6.45, 7) is 3.59. The molecule has 0 aliphatic carbocycles. The molecular weight excluding hydrogens is 372 g/mol. The first kappa shape index (κ1) is 20.0. The lowest BCUT2D eigenvalue weighted by Gasteiger charge is -2.16. The van der Waals surface area contributed by atoms with Gasteiger partial charge in [-0.15, -0.1) is 22.0 Å². The van der Waals surface area contributed by atoms with E-state index in [1.807, 2.05) is 47.0 Å². The molecule has 0 fully saturated rings. The SMILES string of the molecule is CN=C(NCc1nnc2ccccn12)NCC(C)CSc1ccccc1OC. The second kappa shape index (κ2) is 9.98. The van der Waals surface area contributed by atoms with E-state index in [1.54, 1.807) is 25.9 Å². The van der Waals surface area contributed by atoms with E-state index in [0.29, 0.717) is 12.5 Å². The first-order chi connectivity index (χ1) is 13.7. The Kier molecular flexibility index (Phi) is 7.13. The van der Waals surface area contributed by atoms with Crippen LogP contribution in [0.25, 0.3) is 5.65 Å². The van der Waals surface area contributed by atoms with Gasteiger partial charge in [-0.1, -0.05) is 25.1 Å². The molecule has 148 valence electrons. The van der Waals surface area contributed by atoms with E-state index >= 15 is 0 Å². The number of thioether (sulfide) groups is 1. The zero-order chi connectivity index (χ0) is 19.8. The zero-order valence-electron chi connectivity index (χ0n) is 16.4. The van der Waals surface area contributed by atoms with E-state index in [9.17, 15) is 0 Å². The van der Waals surface area contributed by atoms with Crippen molar-refractivity contribution in [1.29, 1.82) is 0 Å². The van der Waals surface area contributed by atoms with E-state index in [1.165, 1.54) is 0 Å². The van der Waals surface area contributed by atoms with Crippen LogP contribution < -0.4 is 15.4 Å². The molecule has 0 aliphatic rings. The predicted octanol–water partition coefficient (Wildman–Crippen LogP) is 2.83. The smallest absolute Gasteiger partial charge is 0.191 e. The second-order valence-electron chi connectivity index (χ2n) is 6.42. The minimum atomic E-state index is 0.461. The molecule has 2 N–H and O–H groups in total. The van der Waals surface area contributed by atoms with Crippen LogP contribution in [0.2, 0.25) is 0 Å². The van der Waals surface area contributed by atoms with E-state index in [0.717, 1.165) is 40.4 Å². The number of para-hydroxylation sites is 1. The highest BCUT2D eigenvalue weighted by Gasteiger charge is 2.09. The number of methoxy groups -OCH3 is 1. The Hall–Kier alpha value is -2.74. The first-order valence-electron chi connectivity index (χ1n) is 9.20. The van der Waals surface area contributed by atoms with Crippen molar-refractivity contribution in [3.63, 3.8) is 0 Å². The van der Waals surface area contributed by atoms with Crippen LogP contribution in [0.5, 0.6) is 5.75 Å². The number of hydrogen-bond donors (Lipinski definition) is 2. The number of benzene rings is 1. The number of nitrogens with zero attached hydrogens (tertiary/aromatic N) is 4. The molecule has 0 spiro atoms. The predicted molar refractivity (Wildman–Crippen MR) is 114 cm³/mol. The summed E-state index contributed by atoms with van der Waals surface area (Å²) in [6, 6.07) is 14.0. The molecule has 7 nitrogen and oxygen atoms in total. The molecule has 28 heavy (non-hydrogen) atoms. The molecule has 3 rings (SSSR count). The van der Waals surface area contributed by atoms with Crippen LogP contribution in [0.4, 0.5) is 0 Å². The van der Waals surface area contributed by atoms with E-state index < -0.39 is 0 Å². The van der Waals surface area contributed by atoms with Gasteiger partial charge in [0, 0.05) is 30.4 Å². The Labute approximate surface area is 169 Å². The normalized spacial score (nSPS) is 12.8. The maximum absolute atomic E-state index is 5.41. The van der Waals surface area contributed by atoms with Gasteiger partial charge in [0.25, 0.3) is 0 Å². The molecule has 0 amide bonds. The van der Waals surface area contributed by atoms with Crippen LogP contribution in [-0.4, -0.2) is 47.0 Å². The molecule has 0 saturated heterocycles. The summed E-state index contributed by atoms with van der Waals surface area (Å²) in [6.07, 6.45) is 1.96. The topological polar surface area (TPSA) is 75.8 Å². The largest absolute Gasteiger partial charge is 0.496 e. The van der Waals surface area contributed by atoms with Gasteiger partial charge in [0.05, 0.1) is 13.7 Å². The van der Waals surface area contributed by atoms with Crippen molar-refractivity contribution in [2.75, 3.05) is 26.5 Å². The van der Waals surface area contributed by atoms with Crippen LogP contribution in [0, 0.1) is 5.92 Å². The highest BCUT2D eigenvalue weighted by atomic mass is 32.2. The molecule has 1 aromatic carbocycles. The number of aliphatic imine (C=N–C) groups is 1. The molecule has 0 radical (unpaired) electrons. The van der Waals surface area contributed by atoms with Crippen LogP contribution in [0.3, 0.4) is 0 Å². The van der Waals surface area contributed by atoms with Crippen molar-refractivity contribution in [1.82, 2.24) is 25.2 Å². The fourth-order valence-corrected chi connectivity index (χ4v) is 3.75. The van der Waals surface area contributed by atoms with E-state index in [4.69, 9.17) is 4.74 Å². The summed E-state index contributed by atoms with van der Waals surface area (Å²) < 4.78 is 7.38. The average Bonchev–Trinajstić information content (AvgIpc) is 3.15. The van der Waals surface area contributed by atoms with Crippen molar-refractivity contribution in [3.05, 3.63) is 54.5 Å². The number of nitrogens with one attached hydrogen (secondary N) is 2. The Morgan fingerprint density at radius 1 is 1.18 bits per heavy atom. The summed E-state index contributed by atoms with van der Waals surface area (Å²) in [7, 11) is 3.48. The summed E-state index contributed by atoms with van der Waals surface area (Å²) in [5.74, 6) is 3.97. The summed E-state index contributed by atoms with van der Waals surface area (Å²) in [4.78, 5) is 5.46. The quantitative estimate of drug-likeness (QED) is 0.345. The van der Waals surface area contributed by atoms with Crippen molar-refractivity contribution in [3.8, 4) is 5.75 Å². The number of aromatic nitrogens is 3. The minimum absolute atomic E-state index is 0.461. The van der Waals surface area contributed by atoms with Crippen LogP contribution in [0.1, 0.15) is 12.7 Å². The van der Waals surface area contributed by atoms with Crippen LogP contribution >= 0.6 is 11.8 Å². The number of pyridine rings is 1. The number of ether oxygens (including phenoxy) is 1. The van der Waals surface area contributed by atoms with Gasteiger partial charge in [-0.05, 0) is 30.2 Å². The van der Waals surface area contributed by atoms with E-state index in [-0.39, 0.29) is 0 Å². The summed E-state index contributed by atoms with van der Waals surface area (Å²) in [5.41, 5.74) is 0.837. The lowest BCUT2D eigenvalue weighted by Crippen LogP contribution is -2.39. The number of fused-ring (bicyclic) bond motifs is 1. The lowest BCUT2D eigenvalue weighted by atomic mass is 10.2. The van der Waals surface area contributed by atoms with Gasteiger partial charge in [0.15, 0.2) is 17.4 Å². The molecule has 0 aliphatic heterocycles. The Bertz CT molecular complexity index is 926. The number of rotatable bonds is 8. The monoisotopic (exact) mass is 398 g/mol. The third-order valence-corrected chi connectivity index (χ3v) is 5.62. The summed E-state index contributed by atoms with van der Waals surface area (Å²) >= 11 is 1.80. The average molecular weight is 399 g/mol. The van der Waals surface area contributed by atoms with Gasteiger partial charge in [0.1, 0.15) is 5.75 Å². The van der Waals surface area contributed by atoms with E-state index in [2.05, 4.69) is 38.8 Å². The van der Waals surface area contributed by atoms with Crippen molar-refractivity contribution in [2.45, 2.75) is 18.4 Å². The number of hydrogen-bond acceptors (Lipinski definition) is 5. The highest BCUT2D eigenvalue weighted by Crippen LogP contribution is 2.29. The fraction of sp³-hybridized carbons (Fsp3) is 0.350. The molecule has 3 aromatic rings. The minimum Gasteiger partial charge on any atom is -0.496 e. The van der Waals surface area contributed by atoms with Gasteiger partial charge in [-0.3, -0.25) is 9.39 Å². The Morgan fingerprint density at radius 2 is 2.00 bits per heavy atom. The standard InChI is InChI=1S/C20H26N6OS/c1-15(14-28-17-9-5-4-8-16(17)27-3)12-22-20(21-2)23-13-19-25-24-18-10-6-7-11-26(18)19/h4-11,15H,12-14H2,1-3H3,(H2,21,22,23). The highest BCUT2D eigenvalue weighted by molar-refractivity contribution is 7.99. The maximum Gasteiger partial charge on any atom is 0.191 e. The first-order valence-corrected chi connectivity index (χ1v) is 10.2. The molecule has 2 aromatic heterocycles. The van der Waals surface area contributed by atoms with Gasteiger partial charge >= 0.3 is 0 Å². The Balaban J connectivity index is 1.46. The molecule has 1 atom stereocenters. The molecule has 1 unspecified atom stereocenters. The van der Waals surface area contributed by atoms with Crippen molar-refractivity contribution in [2.24, 2.45) is 10.9 Å². The van der Waals surface area contributed by atoms with Gasteiger partial charge in [-0.25, -0.2) is 0 Å². The fourth-order valence-electron chi connectivity index (χ4n) is 2.69. The maximum atomic E-state index is 5.41. The van der Waals surface area contributed by atoms with Crippen LogP contribution in [-0.2, 0) is 6.54 Å². The molecular formula is C20H26N6OS. The van der Waals surface area contributed by atoms with Crippen LogP contribution in [0.15, 0.2) is 58.5 Å². The third kappa shape index (κ3) is 5.16. The molecule has 2 heterocycles. The lowest BCUT2D eigenvalue weighted by molar-refractivity contribution is 0.405. The second-order valence-corrected chi connectivity index (χ2v) is 7.48. The zero-order valence-corrected chi connectivity index (χ0v) is 17.2. The van der Waals surface area contributed by atoms with Gasteiger partial charge in [0.2, 0.25) is 0 Å². The van der Waals surface area contributed by atoms with Gasteiger partial charge in [-0.2, -0.15) is 0 Å². The van der Waals surface area contributed by atoms with Crippen molar-refractivity contribution >= 4 is 23.4 Å². The summed E-state index contributed by atoms with van der Waals surface area (Å²) in [5, 5.41) is 15.1. The van der Waals surface area contributed by atoms with Crippen molar-refractivity contribution < 1.29 is 4.74 Å². The van der Waals surface area contributed by atoms with Gasteiger partial charge < -0.3 is 15.4 Å². The Morgan fingerprint density at radius 3 is 2.82 bits per heavy atom. The third-order valence-electron chi connectivity index (χ3n) is 4.23. The molecule has 0 bridgehead atoms. The number of guanidine groups is 1. The molecule has 0 saturated carbocycles.